The van der Waals surface area contributed by atoms with Gasteiger partial charge in [-0.05, 0) is 35.9 Å². The molecule has 1 atom stereocenters. The highest BCUT2D eigenvalue weighted by Crippen LogP contribution is 2.35. The second-order valence-corrected chi connectivity index (χ2v) is 6.03. The third-order valence-corrected chi connectivity index (χ3v) is 3.82. The Morgan fingerprint density at radius 3 is 2.18 bits per heavy atom. The van der Waals surface area contributed by atoms with E-state index in [4.69, 9.17) is 15.7 Å². The van der Waals surface area contributed by atoms with Gasteiger partial charge >= 0.3 is 6.18 Å². The van der Waals surface area contributed by atoms with Gasteiger partial charge in [0.2, 0.25) is 5.91 Å². The Morgan fingerprint density at radius 1 is 1.11 bits per heavy atom. The van der Waals surface area contributed by atoms with Gasteiger partial charge in [-0.15, -0.1) is 0 Å². The maximum absolute atomic E-state index is 13.2. The molecule has 0 spiro atoms. The quantitative estimate of drug-likeness (QED) is 0.532. The van der Waals surface area contributed by atoms with E-state index in [9.17, 15) is 22.8 Å². The Hall–Kier alpha value is -3.11. The second-order valence-electron chi connectivity index (χ2n) is 6.03. The Balaban J connectivity index is 2.26. The van der Waals surface area contributed by atoms with E-state index in [0.29, 0.717) is 11.6 Å². The first-order valence-electron chi connectivity index (χ1n) is 7.95. The summed E-state index contributed by atoms with van der Waals surface area (Å²) >= 11 is 0. The molecule has 2 aromatic carbocycles. The van der Waals surface area contributed by atoms with Crippen molar-refractivity contribution in [3.05, 3.63) is 59.2 Å². The molecule has 28 heavy (non-hydrogen) atoms. The first-order chi connectivity index (χ1) is 13.0. The van der Waals surface area contributed by atoms with Gasteiger partial charge in [-0.1, -0.05) is 12.1 Å². The van der Waals surface area contributed by atoms with Crippen molar-refractivity contribution in [2.24, 2.45) is 5.73 Å². The number of ether oxygens (including phenoxy) is 1. The average Bonchev–Trinajstić information content (AvgIpc) is 2.66. The fourth-order valence-electron chi connectivity index (χ4n) is 2.38. The van der Waals surface area contributed by atoms with Crippen molar-refractivity contribution in [2.45, 2.75) is 12.2 Å². The first kappa shape index (κ1) is 21.2. The predicted octanol–water partition coefficient (Wildman–Crippen LogP) is 2.70. The van der Waals surface area contributed by atoms with E-state index >= 15 is 0 Å². The largest absolute Gasteiger partial charge is 0.457 e. The summed E-state index contributed by atoms with van der Waals surface area (Å²) in [6, 6.07) is 7.80. The summed E-state index contributed by atoms with van der Waals surface area (Å²) in [6.07, 6.45) is -4.83. The van der Waals surface area contributed by atoms with Crippen molar-refractivity contribution in [3.8, 4) is 11.5 Å². The number of halogens is 3. The Kier molecular flexibility index (Phi) is 6.26. The second kappa shape index (κ2) is 8.28. The molecule has 10 heteroatoms. The lowest BCUT2D eigenvalue weighted by Crippen LogP contribution is -2.33. The molecule has 4 N–H and O–H groups in total. The lowest BCUT2D eigenvalue weighted by molar-refractivity contribution is -0.138. The molecule has 0 saturated carbocycles. The number of hydrogen-bond donors (Lipinski definition) is 3. The summed E-state index contributed by atoms with van der Waals surface area (Å²) in [5.41, 5.74) is 5.54. The standard InChI is InChI=1S/C18H18F3N3O4/c1-24(2)17(26)15(22)10-3-5-11(6-4-10)28-12-7-8-13(16(25)23-27)14(9-12)18(19,20)21/h3-9,15,27H,22H2,1-2H3,(H,23,25). The van der Waals surface area contributed by atoms with Crippen LogP contribution in [0.2, 0.25) is 0 Å². The van der Waals surface area contributed by atoms with Gasteiger partial charge in [0, 0.05) is 14.1 Å². The maximum Gasteiger partial charge on any atom is 0.417 e. The SMILES string of the molecule is CN(C)C(=O)C(N)c1ccc(Oc2ccc(C(=O)NO)c(C(F)(F)F)c2)cc1. The third kappa shape index (κ3) is 4.78. The summed E-state index contributed by atoms with van der Waals surface area (Å²) in [4.78, 5) is 24.6. The van der Waals surface area contributed by atoms with Gasteiger partial charge in [0.05, 0.1) is 11.1 Å². The van der Waals surface area contributed by atoms with Crippen LogP contribution in [0.4, 0.5) is 13.2 Å². The van der Waals surface area contributed by atoms with Crippen molar-refractivity contribution >= 4 is 11.8 Å². The molecule has 0 aliphatic rings. The number of nitrogens with one attached hydrogen (secondary N) is 1. The number of rotatable bonds is 5. The van der Waals surface area contributed by atoms with Crippen LogP contribution in [0.25, 0.3) is 0 Å². The van der Waals surface area contributed by atoms with Crippen LogP contribution in [-0.4, -0.2) is 36.0 Å². The van der Waals surface area contributed by atoms with Gasteiger partial charge in [0.25, 0.3) is 5.91 Å². The van der Waals surface area contributed by atoms with Crippen LogP contribution in [0, 0.1) is 0 Å². The Bertz CT molecular complexity index is 867. The normalized spacial score (nSPS) is 12.2. The van der Waals surface area contributed by atoms with E-state index in [1.165, 1.54) is 34.6 Å². The van der Waals surface area contributed by atoms with Crippen LogP contribution in [-0.2, 0) is 11.0 Å². The number of nitrogens with two attached hydrogens (primary N) is 1. The topological polar surface area (TPSA) is 105 Å². The molecule has 0 saturated heterocycles. The molecular formula is C18H18F3N3O4. The van der Waals surface area contributed by atoms with E-state index in [2.05, 4.69) is 0 Å². The van der Waals surface area contributed by atoms with Crippen LogP contribution < -0.4 is 16.0 Å². The van der Waals surface area contributed by atoms with Gasteiger partial charge in [-0.25, -0.2) is 5.48 Å². The highest BCUT2D eigenvalue weighted by atomic mass is 19.4. The molecule has 2 rings (SSSR count). The molecule has 0 fully saturated rings. The molecule has 1 unspecified atom stereocenters. The zero-order valence-corrected chi connectivity index (χ0v) is 14.9. The minimum atomic E-state index is -4.83. The van der Waals surface area contributed by atoms with E-state index in [1.807, 2.05) is 0 Å². The number of carbonyl (C=O) groups excluding carboxylic acids is 2. The number of nitrogens with zero attached hydrogens (tertiary/aromatic N) is 1. The molecule has 0 aromatic heterocycles. The highest BCUT2D eigenvalue weighted by Gasteiger charge is 2.35. The number of hydroxylamine groups is 1. The van der Waals surface area contributed by atoms with E-state index in [0.717, 1.165) is 12.1 Å². The van der Waals surface area contributed by atoms with E-state index in [-0.39, 0.29) is 17.4 Å². The van der Waals surface area contributed by atoms with Crippen LogP contribution in [0.1, 0.15) is 27.5 Å². The summed E-state index contributed by atoms with van der Waals surface area (Å²) in [5.74, 6) is -1.55. The molecule has 2 amide bonds. The summed E-state index contributed by atoms with van der Waals surface area (Å²) in [5, 5.41) is 8.59. The molecule has 0 bridgehead atoms. The molecule has 0 radical (unpaired) electrons. The van der Waals surface area contributed by atoms with Gasteiger partial charge in [-0.2, -0.15) is 13.2 Å². The number of amides is 2. The lowest BCUT2D eigenvalue weighted by Gasteiger charge is -2.17. The molecule has 2 aromatic rings. The molecule has 0 aliphatic heterocycles. The van der Waals surface area contributed by atoms with Gasteiger partial charge in [-0.3, -0.25) is 14.8 Å². The average molecular weight is 397 g/mol. The summed E-state index contributed by atoms with van der Waals surface area (Å²) < 4.78 is 44.9. The minimum absolute atomic E-state index is 0.164. The van der Waals surface area contributed by atoms with Crippen molar-refractivity contribution in [1.29, 1.82) is 0 Å². The lowest BCUT2D eigenvalue weighted by atomic mass is 10.1. The maximum atomic E-state index is 13.2. The Labute approximate surface area is 158 Å². The molecule has 0 aliphatic carbocycles. The fraction of sp³-hybridized carbons (Fsp3) is 0.222. The predicted molar refractivity (Wildman–Crippen MR) is 92.8 cm³/mol. The van der Waals surface area contributed by atoms with E-state index in [1.54, 1.807) is 14.1 Å². The van der Waals surface area contributed by atoms with Gasteiger partial charge in [0.1, 0.15) is 17.5 Å². The number of benzene rings is 2. The Morgan fingerprint density at radius 2 is 1.68 bits per heavy atom. The zero-order valence-electron chi connectivity index (χ0n) is 14.9. The first-order valence-corrected chi connectivity index (χ1v) is 7.95. The van der Waals surface area contributed by atoms with Gasteiger partial charge < -0.3 is 15.4 Å². The molecule has 150 valence electrons. The van der Waals surface area contributed by atoms with Crippen molar-refractivity contribution in [1.82, 2.24) is 10.4 Å². The summed E-state index contributed by atoms with van der Waals surface area (Å²) in [7, 11) is 3.14. The zero-order chi connectivity index (χ0) is 21.1. The summed E-state index contributed by atoms with van der Waals surface area (Å²) in [6.45, 7) is 0. The third-order valence-electron chi connectivity index (χ3n) is 3.82. The smallest absolute Gasteiger partial charge is 0.417 e. The van der Waals surface area contributed by atoms with Crippen LogP contribution in [0.5, 0.6) is 11.5 Å². The van der Waals surface area contributed by atoms with Crippen LogP contribution in [0.15, 0.2) is 42.5 Å². The fourth-order valence-corrected chi connectivity index (χ4v) is 2.38. The van der Waals surface area contributed by atoms with Crippen LogP contribution >= 0.6 is 0 Å². The van der Waals surface area contributed by atoms with Crippen LogP contribution in [0.3, 0.4) is 0 Å². The number of likely N-dealkylation sites (N-methyl/N-ethyl adjacent to an activating group) is 1. The van der Waals surface area contributed by atoms with Crippen molar-refractivity contribution in [2.75, 3.05) is 14.1 Å². The van der Waals surface area contributed by atoms with Crippen molar-refractivity contribution < 1.29 is 32.7 Å². The molecule has 0 heterocycles. The molecular weight excluding hydrogens is 379 g/mol. The minimum Gasteiger partial charge on any atom is -0.457 e. The van der Waals surface area contributed by atoms with Crippen molar-refractivity contribution in [3.63, 3.8) is 0 Å². The number of alkyl halides is 3. The highest BCUT2D eigenvalue weighted by molar-refractivity contribution is 5.95. The monoisotopic (exact) mass is 397 g/mol. The number of carbonyl (C=O) groups is 2. The van der Waals surface area contributed by atoms with E-state index < -0.39 is 29.3 Å². The molecule has 7 nitrogen and oxygen atoms in total. The van der Waals surface area contributed by atoms with Gasteiger partial charge in [0.15, 0.2) is 0 Å². The number of hydrogen-bond acceptors (Lipinski definition) is 5.